The molecule has 0 saturated carbocycles. The molecule has 0 radical (unpaired) electrons. The fourth-order valence-corrected chi connectivity index (χ4v) is 2.41. The van der Waals surface area contributed by atoms with Gasteiger partial charge in [0.25, 0.3) is 0 Å². The summed E-state index contributed by atoms with van der Waals surface area (Å²) in [5, 5.41) is 0. The maximum absolute atomic E-state index is 11.7. The Labute approximate surface area is 144 Å². The Morgan fingerprint density at radius 3 is 1.71 bits per heavy atom. The van der Waals surface area contributed by atoms with E-state index in [4.69, 9.17) is 29.9 Å². The molecule has 0 spiro atoms. The van der Waals surface area contributed by atoms with Crippen LogP contribution >= 0.6 is 11.6 Å². The van der Waals surface area contributed by atoms with Crippen LogP contribution in [0.15, 0.2) is 33.1 Å². The predicted octanol–water partition coefficient (Wildman–Crippen LogP) is 3.77. The molecule has 7 heteroatoms. The molecule has 0 aromatic carbocycles. The molecular formula is C17H19ClO6. The first-order chi connectivity index (χ1) is 11.5. The average Bonchev–Trinajstić information content (AvgIpc) is 3.24. The number of halogens is 1. The van der Waals surface area contributed by atoms with Gasteiger partial charge in [-0.3, -0.25) is 0 Å². The van der Waals surface area contributed by atoms with Crippen molar-refractivity contribution in [1.29, 1.82) is 0 Å². The number of carbonyl (C=O) groups is 2. The van der Waals surface area contributed by atoms with Gasteiger partial charge >= 0.3 is 11.9 Å². The first-order valence-corrected chi connectivity index (χ1v) is 8.10. The summed E-state index contributed by atoms with van der Waals surface area (Å²) in [7, 11) is 0. The molecule has 0 amide bonds. The average molecular weight is 355 g/mol. The van der Waals surface area contributed by atoms with E-state index >= 15 is 0 Å². The molecule has 0 saturated heterocycles. The lowest BCUT2D eigenvalue weighted by Crippen LogP contribution is -2.24. The van der Waals surface area contributed by atoms with Gasteiger partial charge in [-0.2, -0.15) is 0 Å². The van der Waals surface area contributed by atoms with E-state index in [1.165, 1.54) is 12.1 Å². The highest BCUT2D eigenvalue weighted by Crippen LogP contribution is 2.35. The number of furan rings is 2. The van der Waals surface area contributed by atoms with E-state index in [2.05, 4.69) is 0 Å². The quantitative estimate of drug-likeness (QED) is 0.556. The van der Waals surface area contributed by atoms with Crippen LogP contribution in [0, 0.1) is 0 Å². The summed E-state index contributed by atoms with van der Waals surface area (Å²) in [6.45, 7) is 5.72. The topological polar surface area (TPSA) is 78.9 Å². The highest BCUT2D eigenvalue weighted by atomic mass is 35.5. The monoisotopic (exact) mass is 354 g/mol. The van der Waals surface area contributed by atoms with Gasteiger partial charge in [-0.15, -0.1) is 11.6 Å². The van der Waals surface area contributed by atoms with E-state index in [1.807, 2.05) is 0 Å². The Morgan fingerprint density at radius 2 is 1.38 bits per heavy atom. The molecule has 2 aromatic rings. The van der Waals surface area contributed by atoms with Gasteiger partial charge in [0.2, 0.25) is 11.5 Å². The smallest absolute Gasteiger partial charge is 0.374 e. The first-order valence-electron chi connectivity index (χ1n) is 7.57. The highest BCUT2D eigenvalue weighted by molar-refractivity contribution is 6.18. The van der Waals surface area contributed by atoms with Crippen molar-refractivity contribution in [3.63, 3.8) is 0 Å². The fraction of sp³-hybridized carbons (Fsp3) is 0.412. The summed E-state index contributed by atoms with van der Waals surface area (Å²) in [6, 6.07) is 6.32. The number of carbonyl (C=O) groups excluding carboxylic acids is 2. The molecule has 24 heavy (non-hydrogen) atoms. The molecule has 0 fully saturated rings. The summed E-state index contributed by atoms with van der Waals surface area (Å²) in [5.74, 6) is 0.0643. The summed E-state index contributed by atoms with van der Waals surface area (Å²) < 4.78 is 21.0. The molecule has 0 N–H and O–H groups in total. The van der Waals surface area contributed by atoms with Crippen LogP contribution in [0.2, 0.25) is 0 Å². The Balaban J connectivity index is 2.31. The normalized spacial score (nSPS) is 11.3. The second-order valence-electron chi connectivity index (χ2n) is 5.23. The minimum atomic E-state index is -0.850. The predicted molar refractivity (Wildman–Crippen MR) is 86.5 cm³/mol. The molecule has 6 nitrogen and oxygen atoms in total. The molecular weight excluding hydrogens is 336 g/mol. The van der Waals surface area contributed by atoms with Crippen LogP contribution in [0.4, 0.5) is 0 Å². The molecule has 0 bridgehead atoms. The molecule has 0 unspecified atom stereocenters. The van der Waals surface area contributed by atoms with E-state index in [-0.39, 0.29) is 30.6 Å². The highest BCUT2D eigenvalue weighted by Gasteiger charge is 2.36. The van der Waals surface area contributed by atoms with Crippen LogP contribution in [-0.4, -0.2) is 31.0 Å². The number of ether oxygens (including phenoxy) is 2. The third-order valence-corrected chi connectivity index (χ3v) is 4.05. The summed E-state index contributed by atoms with van der Waals surface area (Å²) in [4.78, 5) is 23.5. The zero-order valence-electron chi connectivity index (χ0n) is 13.8. The lowest BCUT2D eigenvalue weighted by molar-refractivity contribution is 0.0482. The molecule has 0 atom stereocenters. The zero-order chi connectivity index (χ0) is 17.7. The van der Waals surface area contributed by atoms with E-state index < -0.39 is 17.4 Å². The molecule has 2 aromatic heterocycles. The van der Waals surface area contributed by atoms with Crippen LogP contribution in [-0.2, 0) is 14.9 Å². The number of rotatable bonds is 7. The van der Waals surface area contributed by atoms with Crippen molar-refractivity contribution in [2.75, 3.05) is 19.1 Å². The third-order valence-electron chi connectivity index (χ3n) is 3.52. The lowest BCUT2D eigenvalue weighted by Gasteiger charge is -2.22. The summed E-state index contributed by atoms with van der Waals surface area (Å²) in [6.07, 6.45) is 0. The second-order valence-corrected chi connectivity index (χ2v) is 5.50. The molecule has 130 valence electrons. The summed E-state index contributed by atoms with van der Waals surface area (Å²) in [5.41, 5.74) is -0.850. The van der Waals surface area contributed by atoms with E-state index in [9.17, 15) is 9.59 Å². The van der Waals surface area contributed by atoms with Crippen molar-refractivity contribution in [3.05, 3.63) is 47.3 Å². The summed E-state index contributed by atoms with van der Waals surface area (Å²) >= 11 is 6.13. The standard InChI is InChI=1S/C17H19ClO6/c1-4-21-15(19)11-6-8-13(23-11)17(3,10-18)14-9-7-12(24-14)16(20)22-5-2/h6-9H,4-5,10H2,1-3H3. The van der Waals surface area contributed by atoms with Crippen molar-refractivity contribution in [1.82, 2.24) is 0 Å². The molecule has 2 heterocycles. The SMILES string of the molecule is CCOC(=O)c1ccc(C(C)(CCl)c2ccc(C(=O)OCC)o2)o1. The van der Waals surface area contributed by atoms with Crippen LogP contribution in [0.1, 0.15) is 53.4 Å². The molecule has 2 rings (SSSR count). The Kier molecular flexibility index (Phi) is 5.72. The first kappa shape index (κ1) is 18.1. The Morgan fingerprint density at radius 1 is 0.958 bits per heavy atom. The van der Waals surface area contributed by atoms with E-state index in [1.54, 1.807) is 32.9 Å². The maximum Gasteiger partial charge on any atom is 0.374 e. The Bertz CT molecular complexity index is 658. The van der Waals surface area contributed by atoms with E-state index in [0.717, 1.165) is 0 Å². The molecule has 0 aliphatic heterocycles. The second kappa shape index (κ2) is 7.57. The van der Waals surface area contributed by atoms with Gasteiger partial charge < -0.3 is 18.3 Å². The van der Waals surface area contributed by atoms with Crippen molar-refractivity contribution in [2.24, 2.45) is 0 Å². The van der Waals surface area contributed by atoms with Gasteiger partial charge in [-0.05, 0) is 45.0 Å². The zero-order valence-corrected chi connectivity index (χ0v) is 14.5. The van der Waals surface area contributed by atoms with Gasteiger partial charge in [-0.1, -0.05) is 0 Å². The number of esters is 2. The Hall–Kier alpha value is -2.21. The minimum Gasteiger partial charge on any atom is -0.460 e. The number of hydrogen-bond acceptors (Lipinski definition) is 6. The van der Waals surface area contributed by atoms with Crippen LogP contribution < -0.4 is 0 Å². The van der Waals surface area contributed by atoms with Gasteiger partial charge in [0.05, 0.1) is 18.6 Å². The molecule has 0 aliphatic carbocycles. The van der Waals surface area contributed by atoms with Crippen molar-refractivity contribution < 1.29 is 27.9 Å². The number of hydrogen-bond donors (Lipinski definition) is 0. The van der Waals surface area contributed by atoms with Crippen molar-refractivity contribution >= 4 is 23.5 Å². The molecule has 0 aliphatic rings. The minimum absolute atomic E-state index is 0.0837. The maximum atomic E-state index is 11.7. The fourth-order valence-electron chi connectivity index (χ4n) is 2.15. The van der Waals surface area contributed by atoms with Gasteiger partial charge in [0.15, 0.2) is 0 Å². The third kappa shape index (κ3) is 3.48. The largest absolute Gasteiger partial charge is 0.460 e. The van der Waals surface area contributed by atoms with E-state index in [0.29, 0.717) is 11.5 Å². The lowest BCUT2D eigenvalue weighted by atomic mass is 9.87. The van der Waals surface area contributed by atoms with Crippen LogP contribution in [0.25, 0.3) is 0 Å². The van der Waals surface area contributed by atoms with Gasteiger partial charge in [0, 0.05) is 5.88 Å². The van der Waals surface area contributed by atoms with Crippen molar-refractivity contribution in [3.8, 4) is 0 Å². The van der Waals surface area contributed by atoms with Crippen LogP contribution in [0.5, 0.6) is 0 Å². The van der Waals surface area contributed by atoms with Gasteiger partial charge in [0.1, 0.15) is 11.5 Å². The van der Waals surface area contributed by atoms with Crippen LogP contribution in [0.3, 0.4) is 0 Å². The van der Waals surface area contributed by atoms with Gasteiger partial charge in [-0.25, -0.2) is 9.59 Å². The van der Waals surface area contributed by atoms with Crippen molar-refractivity contribution in [2.45, 2.75) is 26.2 Å². The number of alkyl halides is 1.